The number of rotatable bonds is 2. The summed E-state index contributed by atoms with van der Waals surface area (Å²) >= 11 is 0. The Bertz CT molecular complexity index is 631. The minimum absolute atomic E-state index is 0.0150. The van der Waals surface area contributed by atoms with Gasteiger partial charge in [0, 0.05) is 6.54 Å². The van der Waals surface area contributed by atoms with Crippen LogP contribution in [0.15, 0.2) is 6.07 Å². The molecule has 0 aliphatic carbocycles. The lowest BCUT2D eigenvalue weighted by Gasteiger charge is -2.33. The number of hydrogen-bond acceptors (Lipinski definition) is 4. The van der Waals surface area contributed by atoms with Crippen molar-refractivity contribution in [3.8, 4) is 0 Å². The van der Waals surface area contributed by atoms with E-state index in [1.165, 1.54) is 11.2 Å². The highest BCUT2D eigenvalue weighted by Crippen LogP contribution is 2.34. The summed E-state index contributed by atoms with van der Waals surface area (Å²) in [6.45, 7) is 1.67. The second kappa shape index (κ2) is 5.53. The molecule has 2 heterocycles. The third-order valence-electron chi connectivity index (χ3n) is 3.37. The van der Waals surface area contributed by atoms with E-state index in [0.717, 1.165) is 18.7 Å². The topological polar surface area (TPSA) is 63.2 Å². The van der Waals surface area contributed by atoms with Gasteiger partial charge in [0.15, 0.2) is 0 Å². The molecule has 0 saturated carbocycles. The summed E-state index contributed by atoms with van der Waals surface area (Å²) in [5.74, 6) is -0.0150. The van der Waals surface area contributed by atoms with Crippen LogP contribution < -0.4 is 0 Å². The van der Waals surface area contributed by atoms with Crippen LogP contribution in [0.2, 0.25) is 0 Å². The largest absolute Gasteiger partial charge is 0.433 e. The van der Waals surface area contributed by atoms with Crippen molar-refractivity contribution >= 4 is 10.0 Å². The van der Waals surface area contributed by atoms with Gasteiger partial charge in [-0.15, -0.1) is 0 Å². The molecule has 1 aliphatic heterocycles. The highest BCUT2D eigenvalue weighted by atomic mass is 32.2. The lowest BCUT2D eigenvalue weighted by atomic mass is 10.0. The Morgan fingerprint density at radius 2 is 1.95 bits per heavy atom. The van der Waals surface area contributed by atoms with Gasteiger partial charge < -0.3 is 0 Å². The minimum Gasteiger partial charge on any atom is -0.237 e. The van der Waals surface area contributed by atoms with Crippen LogP contribution >= 0.6 is 0 Å². The number of aromatic nitrogens is 2. The second-order valence-electron chi connectivity index (χ2n) is 5.11. The van der Waals surface area contributed by atoms with Crippen LogP contribution in [-0.4, -0.2) is 35.5 Å². The SMILES string of the molecule is Cc1nc(C2CCCCN2S(C)(=O)=O)cc(C(F)(F)F)n1. The van der Waals surface area contributed by atoms with Crippen molar-refractivity contribution in [3.05, 3.63) is 23.3 Å². The Hall–Kier alpha value is -1.22. The maximum absolute atomic E-state index is 12.8. The van der Waals surface area contributed by atoms with Crippen molar-refractivity contribution in [3.63, 3.8) is 0 Å². The van der Waals surface area contributed by atoms with Crippen LogP contribution in [0.3, 0.4) is 0 Å². The van der Waals surface area contributed by atoms with Crippen molar-refractivity contribution in [2.45, 2.75) is 38.4 Å². The minimum atomic E-state index is -4.58. The van der Waals surface area contributed by atoms with Crippen molar-refractivity contribution in [1.29, 1.82) is 0 Å². The van der Waals surface area contributed by atoms with Gasteiger partial charge >= 0.3 is 6.18 Å². The monoisotopic (exact) mass is 323 g/mol. The highest BCUT2D eigenvalue weighted by Gasteiger charge is 2.36. The molecule has 1 unspecified atom stereocenters. The van der Waals surface area contributed by atoms with E-state index in [1.807, 2.05) is 0 Å². The van der Waals surface area contributed by atoms with Gasteiger partial charge in [-0.25, -0.2) is 18.4 Å². The van der Waals surface area contributed by atoms with E-state index in [2.05, 4.69) is 9.97 Å². The number of nitrogens with zero attached hydrogens (tertiary/aromatic N) is 3. The summed E-state index contributed by atoms with van der Waals surface area (Å²) in [5.41, 5.74) is -0.927. The molecule has 1 aliphatic rings. The fourth-order valence-electron chi connectivity index (χ4n) is 2.50. The number of piperidine rings is 1. The van der Waals surface area contributed by atoms with E-state index < -0.39 is 27.9 Å². The number of halogens is 3. The zero-order valence-corrected chi connectivity index (χ0v) is 12.5. The molecular weight excluding hydrogens is 307 g/mol. The summed E-state index contributed by atoms with van der Waals surface area (Å²) in [7, 11) is -3.49. The molecule has 0 radical (unpaired) electrons. The molecule has 1 fully saturated rings. The summed E-state index contributed by atoms with van der Waals surface area (Å²) < 4.78 is 63.3. The highest BCUT2D eigenvalue weighted by molar-refractivity contribution is 7.88. The predicted octanol–water partition coefficient (Wildman–Crippen LogP) is 2.29. The molecule has 5 nitrogen and oxygen atoms in total. The number of hydrogen-bond donors (Lipinski definition) is 0. The summed E-state index contributed by atoms with van der Waals surface area (Å²) in [4.78, 5) is 7.40. The van der Waals surface area contributed by atoms with Crippen LogP contribution in [-0.2, 0) is 16.2 Å². The Morgan fingerprint density at radius 1 is 1.29 bits per heavy atom. The van der Waals surface area contributed by atoms with Gasteiger partial charge in [-0.05, 0) is 25.8 Å². The molecule has 1 aromatic rings. The van der Waals surface area contributed by atoms with Gasteiger partial charge in [-0.3, -0.25) is 0 Å². The number of aryl methyl sites for hydroxylation is 1. The Labute approximate surface area is 121 Å². The van der Waals surface area contributed by atoms with Gasteiger partial charge in [0.2, 0.25) is 10.0 Å². The molecule has 1 atom stereocenters. The number of alkyl halides is 3. The van der Waals surface area contributed by atoms with E-state index in [0.29, 0.717) is 19.4 Å². The zero-order valence-electron chi connectivity index (χ0n) is 11.7. The molecule has 0 amide bonds. The first kappa shape index (κ1) is 16.2. The molecule has 1 saturated heterocycles. The summed E-state index contributed by atoms with van der Waals surface area (Å²) in [5, 5.41) is 0. The Balaban J connectivity index is 2.46. The molecule has 0 aromatic carbocycles. The first-order chi connectivity index (χ1) is 9.59. The van der Waals surface area contributed by atoms with E-state index in [1.54, 1.807) is 0 Å². The van der Waals surface area contributed by atoms with Crippen LogP contribution in [0, 0.1) is 6.92 Å². The average molecular weight is 323 g/mol. The third kappa shape index (κ3) is 3.70. The van der Waals surface area contributed by atoms with E-state index in [9.17, 15) is 21.6 Å². The van der Waals surface area contributed by atoms with Crippen LogP contribution in [0.25, 0.3) is 0 Å². The first-order valence-corrected chi connectivity index (χ1v) is 8.33. The molecular formula is C12H16F3N3O2S. The molecule has 0 spiro atoms. The molecule has 0 N–H and O–H groups in total. The van der Waals surface area contributed by atoms with Crippen LogP contribution in [0.4, 0.5) is 13.2 Å². The molecule has 9 heteroatoms. The van der Waals surface area contributed by atoms with Crippen molar-refractivity contribution in [1.82, 2.24) is 14.3 Å². The standard InChI is InChI=1S/C12H16F3N3O2S/c1-8-16-9(7-11(17-8)12(13,14)15)10-5-3-4-6-18(10)21(2,19)20/h7,10H,3-6H2,1-2H3. The van der Waals surface area contributed by atoms with Gasteiger partial charge in [0.05, 0.1) is 18.0 Å². The van der Waals surface area contributed by atoms with E-state index in [4.69, 9.17) is 0 Å². The van der Waals surface area contributed by atoms with Gasteiger partial charge in [0.25, 0.3) is 0 Å². The average Bonchev–Trinajstić information content (AvgIpc) is 2.36. The maximum Gasteiger partial charge on any atom is 0.433 e. The first-order valence-electron chi connectivity index (χ1n) is 6.48. The molecule has 0 bridgehead atoms. The van der Waals surface area contributed by atoms with Gasteiger partial charge in [-0.1, -0.05) is 6.42 Å². The van der Waals surface area contributed by atoms with E-state index >= 15 is 0 Å². The summed E-state index contributed by atoms with van der Waals surface area (Å²) in [6, 6.07) is 0.192. The Kier molecular flexibility index (Phi) is 4.25. The Morgan fingerprint density at radius 3 is 2.52 bits per heavy atom. The summed E-state index contributed by atoms with van der Waals surface area (Å²) in [6.07, 6.45) is -1.61. The second-order valence-corrected chi connectivity index (χ2v) is 7.04. The zero-order chi connectivity index (χ0) is 15.8. The van der Waals surface area contributed by atoms with Crippen molar-refractivity contribution in [2.24, 2.45) is 0 Å². The normalized spacial score (nSPS) is 21.5. The predicted molar refractivity (Wildman–Crippen MR) is 69.9 cm³/mol. The maximum atomic E-state index is 12.8. The molecule has 2 rings (SSSR count). The lowest BCUT2D eigenvalue weighted by Crippen LogP contribution is -2.38. The van der Waals surface area contributed by atoms with Crippen molar-refractivity contribution in [2.75, 3.05) is 12.8 Å². The van der Waals surface area contributed by atoms with Crippen LogP contribution in [0.1, 0.15) is 42.5 Å². The smallest absolute Gasteiger partial charge is 0.237 e. The fourth-order valence-corrected chi connectivity index (χ4v) is 3.64. The van der Waals surface area contributed by atoms with Crippen LogP contribution in [0.5, 0.6) is 0 Å². The van der Waals surface area contributed by atoms with Crippen molar-refractivity contribution < 1.29 is 21.6 Å². The quantitative estimate of drug-likeness (QED) is 0.838. The van der Waals surface area contributed by atoms with E-state index in [-0.39, 0.29) is 11.5 Å². The fraction of sp³-hybridized carbons (Fsp3) is 0.667. The van der Waals surface area contributed by atoms with Gasteiger partial charge in [0.1, 0.15) is 11.5 Å². The lowest BCUT2D eigenvalue weighted by molar-refractivity contribution is -0.141. The third-order valence-corrected chi connectivity index (χ3v) is 4.66. The molecule has 118 valence electrons. The number of sulfonamides is 1. The molecule has 1 aromatic heterocycles. The van der Waals surface area contributed by atoms with Gasteiger partial charge in [-0.2, -0.15) is 17.5 Å². The molecule has 21 heavy (non-hydrogen) atoms.